The molecule has 0 unspecified atom stereocenters. The average Bonchev–Trinajstić information content (AvgIpc) is 2.46. The maximum Gasteiger partial charge on any atom is 0.387 e. The smallest absolute Gasteiger partial charge is 0.387 e. The van der Waals surface area contributed by atoms with Crippen molar-refractivity contribution in [3.05, 3.63) is 29.8 Å². The van der Waals surface area contributed by atoms with Gasteiger partial charge in [0.25, 0.3) is 0 Å². The van der Waals surface area contributed by atoms with Crippen LogP contribution in [0.5, 0.6) is 5.75 Å². The number of benzene rings is 1. The molecule has 0 fully saturated rings. The van der Waals surface area contributed by atoms with Gasteiger partial charge in [-0.15, -0.1) is 0 Å². The zero-order valence-electron chi connectivity index (χ0n) is 12.4. The van der Waals surface area contributed by atoms with Crippen molar-refractivity contribution in [2.75, 3.05) is 6.54 Å². The number of amides is 1. The normalized spacial score (nSPS) is 11.5. The summed E-state index contributed by atoms with van der Waals surface area (Å²) in [4.78, 5) is 11.8. The van der Waals surface area contributed by atoms with Gasteiger partial charge in [0.15, 0.2) is 0 Å². The molecule has 0 spiro atoms. The summed E-state index contributed by atoms with van der Waals surface area (Å²) in [5.41, 5.74) is 6.44. The molecule has 6 heteroatoms. The number of alkyl halides is 2. The number of nitrogens with two attached hydrogens (primary N) is 1. The van der Waals surface area contributed by atoms with Crippen LogP contribution in [0.15, 0.2) is 24.3 Å². The minimum absolute atomic E-state index is 0.0760. The van der Waals surface area contributed by atoms with Crippen molar-refractivity contribution in [1.82, 2.24) is 5.32 Å². The van der Waals surface area contributed by atoms with Crippen molar-refractivity contribution in [3.63, 3.8) is 0 Å². The van der Waals surface area contributed by atoms with Crippen LogP contribution in [0.2, 0.25) is 0 Å². The van der Waals surface area contributed by atoms with Crippen molar-refractivity contribution in [2.24, 2.45) is 5.73 Å². The number of rotatable bonds is 8. The molecule has 4 nitrogen and oxygen atoms in total. The number of nitrogens with one attached hydrogen (secondary N) is 1. The van der Waals surface area contributed by atoms with Gasteiger partial charge in [-0.2, -0.15) is 8.78 Å². The minimum Gasteiger partial charge on any atom is -0.435 e. The van der Waals surface area contributed by atoms with E-state index in [1.165, 1.54) is 12.1 Å². The fourth-order valence-corrected chi connectivity index (χ4v) is 1.81. The fourth-order valence-electron chi connectivity index (χ4n) is 1.81. The van der Waals surface area contributed by atoms with Crippen LogP contribution in [-0.4, -0.2) is 24.6 Å². The van der Waals surface area contributed by atoms with E-state index in [-0.39, 0.29) is 23.6 Å². The predicted octanol–water partition coefficient (Wildman–Crippen LogP) is 2.46. The summed E-state index contributed by atoms with van der Waals surface area (Å²) in [7, 11) is 0. The molecule has 0 atom stereocenters. The van der Waals surface area contributed by atoms with Gasteiger partial charge in [0.2, 0.25) is 5.91 Å². The number of carbonyl (C=O) groups is 1. The zero-order valence-corrected chi connectivity index (χ0v) is 12.4. The third-order valence-corrected chi connectivity index (χ3v) is 3.56. The van der Waals surface area contributed by atoms with Gasteiger partial charge < -0.3 is 15.8 Å². The van der Waals surface area contributed by atoms with Crippen LogP contribution in [0.1, 0.15) is 32.3 Å². The van der Waals surface area contributed by atoms with Crippen LogP contribution in [0.3, 0.4) is 0 Å². The molecule has 1 amide bonds. The maximum atomic E-state index is 12.0. The summed E-state index contributed by atoms with van der Waals surface area (Å²) >= 11 is 0. The van der Waals surface area contributed by atoms with Crippen LogP contribution in [0.4, 0.5) is 8.78 Å². The van der Waals surface area contributed by atoms with Crippen LogP contribution in [0.25, 0.3) is 0 Å². The topological polar surface area (TPSA) is 64.3 Å². The number of carbonyl (C=O) groups excluding carboxylic acids is 1. The Bertz CT molecular complexity index is 445. The van der Waals surface area contributed by atoms with Gasteiger partial charge in [-0.3, -0.25) is 4.79 Å². The summed E-state index contributed by atoms with van der Waals surface area (Å²) in [5, 5.41) is 2.81. The Kier molecular flexibility index (Phi) is 6.55. The molecule has 1 aromatic rings. The lowest BCUT2D eigenvalue weighted by atomic mass is 9.94. The van der Waals surface area contributed by atoms with E-state index in [0.29, 0.717) is 6.54 Å². The van der Waals surface area contributed by atoms with Crippen LogP contribution < -0.4 is 15.8 Å². The van der Waals surface area contributed by atoms with E-state index in [9.17, 15) is 13.6 Å². The van der Waals surface area contributed by atoms with Gasteiger partial charge >= 0.3 is 6.61 Å². The van der Waals surface area contributed by atoms with Crippen molar-refractivity contribution >= 4 is 5.91 Å². The SMILES string of the molecule is CCC(N)(CC)CNC(=O)Cc1ccc(OC(F)F)cc1. The van der Waals surface area contributed by atoms with E-state index in [4.69, 9.17) is 5.73 Å². The van der Waals surface area contributed by atoms with Crippen molar-refractivity contribution in [2.45, 2.75) is 45.3 Å². The molecule has 118 valence electrons. The fraction of sp³-hybridized carbons (Fsp3) is 0.533. The number of ether oxygens (including phenoxy) is 1. The predicted molar refractivity (Wildman–Crippen MR) is 77.3 cm³/mol. The molecule has 0 aliphatic carbocycles. The standard InChI is InChI=1S/C15H22F2N2O2/c1-3-15(18,4-2)10-19-13(20)9-11-5-7-12(8-6-11)21-14(16)17/h5-8,14H,3-4,9-10,18H2,1-2H3,(H,19,20). The third kappa shape index (κ3) is 6.08. The second kappa shape index (κ2) is 7.93. The molecule has 0 saturated heterocycles. The molecule has 0 bridgehead atoms. The lowest BCUT2D eigenvalue weighted by Crippen LogP contribution is -2.49. The molecule has 1 rings (SSSR count). The first-order chi connectivity index (χ1) is 9.88. The van der Waals surface area contributed by atoms with Gasteiger partial charge in [0.1, 0.15) is 5.75 Å². The van der Waals surface area contributed by atoms with Crippen LogP contribution in [-0.2, 0) is 11.2 Å². The molecule has 0 saturated carbocycles. The highest BCUT2D eigenvalue weighted by Gasteiger charge is 2.20. The van der Waals surface area contributed by atoms with Crippen molar-refractivity contribution in [3.8, 4) is 5.75 Å². The minimum atomic E-state index is -2.85. The molecule has 0 aliphatic heterocycles. The van der Waals surface area contributed by atoms with E-state index in [2.05, 4.69) is 10.1 Å². The molecule has 3 N–H and O–H groups in total. The number of hydrogen-bond acceptors (Lipinski definition) is 3. The summed E-state index contributed by atoms with van der Waals surface area (Å²) in [6.07, 6.45) is 1.74. The molecular weight excluding hydrogens is 278 g/mol. The third-order valence-electron chi connectivity index (χ3n) is 3.56. The highest BCUT2D eigenvalue weighted by atomic mass is 19.3. The van der Waals surface area contributed by atoms with E-state index >= 15 is 0 Å². The highest BCUT2D eigenvalue weighted by Crippen LogP contribution is 2.15. The first-order valence-electron chi connectivity index (χ1n) is 6.98. The Hall–Kier alpha value is -1.69. The summed E-state index contributed by atoms with van der Waals surface area (Å²) in [5.74, 6) is -0.0682. The largest absolute Gasteiger partial charge is 0.435 e. The van der Waals surface area contributed by atoms with Gasteiger partial charge in [0.05, 0.1) is 6.42 Å². The zero-order chi connectivity index (χ0) is 15.9. The second-order valence-electron chi connectivity index (χ2n) is 5.05. The monoisotopic (exact) mass is 300 g/mol. The second-order valence-corrected chi connectivity index (χ2v) is 5.05. The van der Waals surface area contributed by atoms with Gasteiger partial charge in [-0.1, -0.05) is 26.0 Å². The van der Waals surface area contributed by atoms with Crippen LogP contribution >= 0.6 is 0 Å². The molecule has 0 aliphatic rings. The Labute approximate surface area is 123 Å². The van der Waals surface area contributed by atoms with Crippen molar-refractivity contribution < 1.29 is 18.3 Å². The Morgan fingerprint density at radius 2 is 1.86 bits per heavy atom. The molecule has 0 heterocycles. The quantitative estimate of drug-likeness (QED) is 0.775. The number of hydrogen-bond donors (Lipinski definition) is 2. The molecule has 1 aromatic carbocycles. The van der Waals surface area contributed by atoms with E-state index in [1.54, 1.807) is 12.1 Å². The molecular formula is C15H22F2N2O2. The number of halogens is 2. The Morgan fingerprint density at radius 1 is 1.29 bits per heavy atom. The average molecular weight is 300 g/mol. The van der Waals surface area contributed by atoms with E-state index in [1.807, 2.05) is 13.8 Å². The van der Waals surface area contributed by atoms with Gasteiger partial charge in [0, 0.05) is 12.1 Å². The van der Waals surface area contributed by atoms with E-state index in [0.717, 1.165) is 18.4 Å². The van der Waals surface area contributed by atoms with Gasteiger partial charge in [-0.05, 0) is 30.5 Å². The summed E-state index contributed by atoms with van der Waals surface area (Å²) in [6, 6.07) is 6.01. The first kappa shape index (κ1) is 17.4. The molecule has 21 heavy (non-hydrogen) atoms. The summed E-state index contributed by atoms with van der Waals surface area (Å²) in [6.45, 7) is 1.54. The van der Waals surface area contributed by atoms with Crippen LogP contribution in [0, 0.1) is 0 Å². The van der Waals surface area contributed by atoms with Gasteiger partial charge in [-0.25, -0.2) is 0 Å². The Morgan fingerprint density at radius 3 is 2.33 bits per heavy atom. The Balaban J connectivity index is 2.48. The summed E-state index contributed by atoms with van der Waals surface area (Å²) < 4.78 is 28.3. The van der Waals surface area contributed by atoms with E-state index < -0.39 is 6.61 Å². The maximum absolute atomic E-state index is 12.0. The highest BCUT2D eigenvalue weighted by molar-refractivity contribution is 5.78. The van der Waals surface area contributed by atoms with Crippen molar-refractivity contribution in [1.29, 1.82) is 0 Å². The lowest BCUT2D eigenvalue weighted by molar-refractivity contribution is -0.120. The first-order valence-corrected chi connectivity index (χ1v) is 6.98. The lowest BCUT2D eigenvalue weighted by Gasteiger charge is -2.26. The molecule has 0 aromatic heterocycles. The molecule has 0 radical (unpaired) electrons.